The third kappa shape index (κ3) is 3.00. The van der Waals surface area contributed by atoms with Crippen LogP contribution >= 0.6 is 0 Å². The molecule has 0 amide bonds. The van der Waals surface area contributed by atoms with E-state index in [-0.39, 0.29) is 11.9 Å². The van der Waals surface area contributed by atoms with Crippen molar-refractivity contribution in [1.29, 1.82) is 0 Å². The Bertz CT molecular complexity index is 868. The summed E-state index contributed by atoms with van der Waals surface area (Å²) in [5, 5.41) is 3.37. The molecule has 0 saturated carbocycles. The highest BCUT2D eigenvalue weighted by atomic mass is 16.2. The normalized spacial score (nSPS) is 18.7. The van der Waals surface area contributed by atoms with Crippen LogP contribution in [-0.2, 0) is 6.42 Å². The van der Waals surface area contributed by atoms with E-state index in [0.29, 0.717) is 6.42 Å². The largest absolute Gasteiger partial charge is 0.359 e. The zero-order chi connectivity index (χ0) is 17.2. The van der Waals surface area contributed by atoms with Gasteiger partial charge in [0.25, 0.3) is 0 Å². The van der Waals surface area contributed by atoms with Gasteiger partial charge >= 0.3 is 11.7 Å². The average molecular weight is 332 g/mol. The van der Waals surface area contributed by atoms with Gasteiger partial charge < -0.3 is 0 Å². The smallest absolute Gasteiger partial charge is 0.258 e. The highest BCUT2D eigenvalue weighted by Crippen LogP contribution is 2.25. The van der Waals surface area contributed by atoms with Gasteiger partial charge in [0, 0.05) is 6.42 Å². The van der Waals surface area contributed by atoms with Crippen molar-refractivity contribution in [3.8, 4) is 0 Å². The lowest BCUT2D eigenvalue weighted by Crippen LogP contribution is -2.43. The van der Waals surface area contributed by atoms with Crippen LogP contribution in [0.5, 0.6) is 0 Å². The highest BCUT2D eigenvalue weighted by molar-refractivity contribution is 5.82. The van der Waals surface area contributed by atoms with Crippen molar-refractivity contribution < 1.29 is 9.36 Å². The van der Waals surface area contributed by atoms with E-state index >= 15 is 0 Å². The van der Waals surface area contributed by atoms with Crippen molar-refractivity contribution in [1.82, 2.24) is 4.98 Å². The van der Waals surface area contributed by atoms with Crippen molar-refractivity contribution in [2.75, 3.05) is 5.32 Å². The van der Waals surface area contributed by atoms with Crippen LogP contribution in [0.2, 0.25) is 0 Å². The van der Waals surface area contributed by atoms with Crippen molar-refractivity contribution in [2.45, 2.75) is 38.6 Å². The molecule has 4 nitrogen and oxygen atoms in total. The first-order valence-electron chi connectivity index (χ1n) is 8.93. The molecule has 126 valence electrons. The lowest BCUT2D eigenvalue weighted by Gasteiger charge is -2.09. The van der Waals surface area contributed by atoms with Crippen LogP contribution in [-0.4, -0.2) is 16.9 Å². The molecule has 1 unspecified atom stereocenters. The summed E-state index contributed by atoms with van der Waals surface area (Å²) in [4.78, 5) is 17.6. The Labute approximate surface area is 147 Å². The van der Waals surface area contributed by atoms with E-state index in [1.165, 1.54) is 5.56 Å². The summed E-state index contributed by atoms with van der Waals surface area (Å²) in [6, 6.07) is 10.1. The molecule has 1 aliphatic carbocycles. The number of aromatic nitrogens is 2. The zero-order valence-electron chi connectivity index (χ0n) is 14.4. The fraction of sp³-hybridized carbons (Fsp3) is 0.286. The molecule has 1 aromatic carbocycles. The maximum Gasteiger partial charge on any atom is 0.359 e. The Morgan fingerprint density at radius 1 is 1.24 bits per heavy atom. The summed E-state index contributed by atoms with van der Waals surface area (Å²) in [7, 11) is 0. The van der Waals surface area contributed by atoms with Gasteiger partial charge in [0.15, 0.2) is 6.04 Å². The van der Waals surface area contributed by atoms with Gasteiger partial charge in [-0.05, 0) is 30.4 Å². The van der Waals surface area contributed by atoms with E-state index in [1.807, 2.05) is 31.3 Å². The van der Waals surface area contributed by atoms with E-state index in [2.05, 4.69) is 35.7 Å². The summed E-state index contributed by atoms with van der Waals surface area (Å²) < 4.78 is 1.76. The number of allylic oxidation sites excluding steroid dienone is 4. The summed E-state index contributed by atoms with van der Waals surface area (Å²) >= 11 is 0. The fourth-order valence-corrected chi connectivity index (χ4v) is 3.41. The number of benzene rings is 1. The van der Waals surface area contributed by atoms with Gasteiger partial charge in [-0.3, -0.25) is 5.32 Å². The minimum Gasteiger partial charge on any atom is -0.258 e. The first kappa shape index (κ1) is 15.8. The molecule has 0 bridgehead atoms. The Morgan fingerprint density at radius 3 is 2.80 bits per heavy atom. The molecule has 2 heterocycles. The molecular weight excluding hydrogens is 310 g/mol. The molecular formula is C21H22N3O+. The van der Waals surface area contributed by atoms with E-state index in [1.54, 1.807) is 4.57 Å². The SMILES string of the molecule is CCC1Nc2c(Cc3ccccc3)nc(C3=CCCC=C3)c[n+]2C1=O. The topological polar surface area (TPSA) is 45.9 Å². The minimum absolute atomic E-state index is 0.107. The standard InChI is InChI=1S/C21H21N3O/c1-2-17-21(25)24-14-19(16-11-7-4-8-12-16)22-18(20(24)23-17)13-15-9-5-3-6-10-15/h3,5-7,9-12,14,17H,2,4,8,13H2,1H3/p+1. The zero-order valence-corrected chi connectivity index (χ0v) is 14.4. The Kier molecular flexibility index (Phi) is 4.18. The lowest BCUT2D eigenvalue weighted by molar-refractivity contribution is -0.553. The van der Waals surface area contributed by atoms with Crippen LogP contribution in [0.3, 0.4) is 0 Å². The molecule has 4 rings (SSSR count). The first-order chi connectivity index (χ1) is 12.3. The molecule has 2 aromatic rings. The molecule has 0 spiro atoms. The molecule has 0 radical (unpaired) electrons. The maximum atomic E-state index is 12.7. The Morgan fingerprint density at radius 2 is 2.08 bits per heavy atom. The monoisotopic (exact) mass is 332 g/mol. The third-order valence-electron chi connectivity index (χ3n) is 4.78. The van der Waals surface area contributed by atoms with E-state index < -0.39 is 0 Å². The Balaban J connectivity index is 1.80. The number of hydrogen-bond acceptors (Lipinski definition) is 3. The van der Waals surface area contributed by atoms with Crippen molar-refractivity contribution in [2.24, 2.45) is 0 Å². The minimum atomic E-state index is -0.164. The number of nitrogens with zero attached hydrogens (tertiary/aromatic N) is 2. The number of nitrogens with one attached hydrogen (secondary N) is 1. The second-order valence-electron chi connectivity index (χ2n) is 6.54. The average Bonchev–Trinajstić information content (AvgIpc) is 3.00. The highest BCUT2D eigenvalue weighted by Gasteiger charge is 2.39. The molecule has 25 heavy (non-hydrogen) atoms. The van der Waals surface area contributed by atoms with E-state index in [4.69, 9.17) is 4.98 Å². The summed E-state index contributed by atoms with van der Waals surface area (Å²) in [6.07, 6.45) is 11.9. The van der Waals surface area contributed by atoms with Crippen molar-refractivity contribution >= 4 is 17.3 Å². The van der Waals surface area contributed by atoms with Gasteiger partial charge in [0.05, 0.1) is 0 Å². The van der Waals surface area contributed by atoms with Crippen molar-refractivity contribution in [3.05, 3.63) is 71.7 Å². The summed E-state index contributed by atoms with van der Waals surface area (Å²) in [6.45, 7) is 2.03. The number of fused-ring (bicyclic) bond motifs is 1. The molecule has 1 aromatic heterocycles. The summed E-state index contributed by atoms with van der Waals surface area (Å²) in [5.41, 5.74) is 4.09. The molecule has 1 atom stereocenters. The second kappa shape index (κ2) is 6.63. The predicted octanol–water partition coefficient (Wildman–Crippen LogP) is 3.54. The van der Waals surface area contributed by atoms with Crippen LogP contribution in [0, 0.1) is 0 Å². The van der Waals surface area contributed by atoms with Gasteiger partial charge in [-0.15, -0.1) is 0 Å². The van der Waals surface area contributed by atoms with Gasteiger partial charge in [-0.25, -0.2) is 9.78 Å². The van der Waals surface area contributed by atoms with Crippen LogP contribution in [0.1, 0.15) is 47.9 Å². The molecule has 1 aliphatic heterocycles. The lowest BCUT2D eigenvalue weighted by atomic mass is 10.0. The van der Waals surface area contributed by atoms with E-state index in [0.717, 1.165) is 42.0 Å². The third-order valence-corrected chi connectivity index (χ3v) is 4.78. The van der Waals surface area contributed by atoms with Crippen LogP contribution in [0.15, 0.2) is 54.8 Å². The molecule has 2 aliphatic rings. The number of anilines is 1. The summed E-state index contributed by atoms with van der Waals surface area (Å²) in [5.74, 6) is 0.945. The second-order valence-corrected chi connectivity index (χ2v) is 6.54. The van der Waals surface area contributed by atoms with Crippen LogP contribution in [0.25, 0.3) is 5.57 Å². The fourth-order valence-electron chi connectivity index (χ4n) is 3.41. The molecule has 0 saturated heterocycles. The van der Waals surface area contributed by atoms with Gasteiger partial charge in [-0.1, -0.05) is 55.5 Å². The number of carbonyl (C=O) groups excluding carboxylic acids is 1. The van der Waals surface area contributed by atoms with E-state index in [9.17, 15) is 4.79 Å². The molecule has 1 N–H and O–H groups in total. The van der Waals surface area contributed by atoms with Gasteiger partial charge in [0.1, 0.15) is 17.6 Å². The molecule has 0 fully saturated rings. The van der Waals surface area contributed by atoms with Gasteiger partial charge in [-0.2, -0.15) is 4.57 Å². The van der Waals surface area contributed by atoms with Crippen LogP contribution < -0.4 is 9.88 Å². The van der Waals surface area contributed by atoms with Gasteiger partial charge in [0.2, 0.25) is 0 Å². The quantitative estimate of drug-likeness (QED) is 0.871. The maximum absolute atomic E-state index is 12.7. The molecule has 4 heteroatoms. The Hall–Kier alpha value is -2.75. The first-order valence-corrected chi connectivity index (χ1v) is 8.93. The number of rotatable bonds is 4. The number of carbonyl (C=O) groups is 1. The van der Waals surface area contributed by atoms with Crippen molar-refractivity contribution in [3.63, 3.8) is 0 Å². The number of hydrogen-bond donors (Lipinski definition) is 1. The van der Waals surface area contributed by atoms with Crippen LogP contribution in [0.4, 0.5) is 5.82 Å². The predicted molar refractivity (Wildman–Crippen MR) is 98.4 cm³/mol.